The average Bonchev–Trinajstić information content (AvgIpc) is 3.13. The largest absolute Gasteiger partial charge is 0.459 e. The summed E-state index contributed by atoms with van der Waals surface area (Å²) in [5, 5.41) is 11.2. The second-order valence-electron chi connectivity index (χ2n) is 9.71. The number of alkyl carbamates (subject to hydrolysis) is 1. The van der Waals surface area contributed by atoms with Gasteiger partial charge in [-0.05, 0) is 44.6 Å². The molecule has 2 rings (SSSR count). The van der Waals surface area contributed by atoms with Crippen LogP contribution in [0.5, 0.6) is 0 Å². The van der Waals surface area contributed by atoms with Crippen LogP contribution in [0.3, 0.4) is 0 Å². The standard InChI is InChI=1S/C24H36N4O4/c1-16(2)13-19(26-23(30)32-24(5,6)7)20-14-25-27-28(20)21(17(3)4)22(29)31-15-18-11-9-8-10-12-18/h8-12,14,16-17,19,21H,13,15H2,1-7H3,(H,26,30)/t19-,21+/m1/s1. The number of carbonyl (C=O) groups is 2. The highest BCUT2D eigenvalue weighted by atomic mass is 16.6. The lowest BCUT2D eigenvalue weighted by atomic mass is 9.99. The monoisotopic (exact) mass is 444 g/mol. The summed E-state index contributed by atoms with van der Waals surface area (Å²) in [7, 11) is 0. The number of carbonyl (C=O) groups excluding carboxylic acids is 2. The van der Waals surface area contributed by atoms with Gasteiger partial charge in [0.2, 0.25) is 0 Å². The lowest BCUT2D eigenvalue weighted by molar-refractivity contribution is -0.151. The molecular weight excluding hydrogens is 408 g/mol. The molecule has 0 saturated heterocycles. The molecule has 2 atom stereocenters. The van der Waals surface area contributed by atoms with E-state index in [4.69, 9.17) is 9.47 Å². The first kappa shape index (κ1) is 25.4. The molecule has 1 aromatic carbocycles. The summed E-state index contributed by atoms with van der Waals surface area (Å²) >= 11 is 0. The summed E-state index contributed by atoms with van der Waals surface area (Å²) < 4.78 is 12.6. The van der Waals surface area contributed by atoms with Crippen molar-refractivity contribution in [2.45, 2.75) is 79.2 Å². The van der Waals surface area contributed by atoms with E-state index in [-0.39, 0.29) is 18.4 Å². The molecule has 0 spiro atoms. The molecule has 0 fully saturated rings. The predicted octanol–water partition coefficient (Wildman–Crippen LogP) is 4.83. The highest BCUT2D eigenvalue weighted by Crippen LogP contribution is 2.27. The first-order chi connectivity index (χ1) is 15.0. The normalized spacial score (nSPS) is 13.7. The number of amides is 1. The van der Waals surface area contributed by atoms with Gasteiger partial charge >= 0.3 is 12.1 Å². The van der Waals surface area contributed by atoms with Crippen molar-refractivity contribution in [3.05, 3.63) is 47.8 Å². The lowest BCUT2D eigenvalue weighted by Crippen LogP contribution is -2.37. The van der Waals surface area contributed by atoms with Crippen molar-refractivity contribution in [3.63, 3.8) is 0 Å². The first-order valence-electron chi connectivity index (χ1n) is 11.1. The van der Waals surface area contributed by atoms with Crippen LogP contribution in [0, 0.1) is 11.8 Å². The van der Waals surface area contributed by atoms with Gasteiger partial charge < -0.3 is 14.8 Å². The molecular formula is C24H36N4O4. The van der Waals surface area contributed by atoms with Gasteiger partial charge in [-0.3, -0.25) is 0 Å². The Bertz CT molecular complexity index is 872. The fraction of sp³-hybridized carbons (Fsp3) is 0.583. The smallest absolute Gasteiger partial charge is 0.408 e. The van der Waals surface area contributed by atoms with Gasteiger partial charge in [-0.1, -0.05) is 63.2 Å². The number of nitrogens with one attached hydrogen (secondary N) is 1. The molecule has 0 saturated carbocycles. The van der Waals surface area contributed by atoms with Crippen molar-refractivity contribution in [1.29, 1.82) is 0 Å². The minimum Gasteiger partial charge on any atom is -0.459 e. The predicted molar refractivity (Wildman–Crippen MR) is 122 cm³/mol. The van der Waals surface area contributed by atoms with Crippen molar-refractivity contribution < 1.29 is 19.1 Å². The quantitative estimate of drug-likeness (QED) is 0.557. The van der Waals surface area contributed by atoms with Crippen LogP contribution >= 0.6 is 0 Å². The van der Waals surface area contributed by atoms with E-state index in [1.54, 1.807) is 10.9 Å². The number of hydrogen-bond acceptors (Lipinski definition) is 6. The molecule has 0 aliphatic heterocycles. The van der Waals surface area contributed by atoms with Crippen molar-refractivity contribution in [1.82, 2.24) is 20.3 Å². The number of rotatable bonds is 9. The van der Waals surface area contributed by atoms with Crippen molar-refractivity contribution in [3.8, 4) is 0 Å². The Balaban J connectivity index is 2.26. The molecule has 0 unspecified atom stereocenters. The van der Waals surface area contributed by atoms with Gasteiger partial charge in [0.15, 0.2) is 6.04 Å². The number of esters is 1. The van der Waals surface area contributed by atoms with E-state index in [1.807, 2.05) is 65.0 Å². The number of aromatic nitrogens is 3. The van der Waals surface area contributed by atoms with E-state index < -0.39 is 29.7 Å². The van der Waals surface area contributed by atoms with Crippen LogP contribution in [-0.2, 0) is 20.9 Å². The van der Waals surface area contributed by atoms with Crippen LogP contribution < -0.4 is 5.32 Å². The van der Waals surface area contributed by atoms with Crippen LogP contribution in [0.4, 0.5) is 4.79 Å². The maximum atomic E-state index is 13.0. The number of nitrogens with zero attached hydrogens (tertiary/aromatic N) is 3. The van der Waals surface area contributed by atoms with Crippen LogP contribution in [-0.4, -0.2) is 32.7 Å². The Hall–Kier alpha value is -2.90. The van der Waals surface area contributed by atoms with Gasteiger partial charge in [0.1, 0.15) is 12.2 Å². The van der Waals surface area contributed by atoms with E-state index in [1.165, 1.54) is 0 Å². The Morgan fingerprint density at radius 3 is 2.31 bits per heavy atom. The number of ether oxygens (including phenoxy) is 2. The van der Waals surface area contributed by atoms with E-state index >= 15 is 0 Å². The van der Waals surface area contributed by atoms with Gasteiger partial charge in [-0.2, -0.15) is 0 Å². The number of benzene rings is 1. The van der Waals surface area contributed by atoms with Crippen LogP contribution in [0.15, 0.2) is 36.5 Å². The van der Waals surface area contributed by atoms with Crippen LogP contribution in [0.25, 0.3) is 0 Å². The maximum Gasteiger partial charge on any atom is 0.408 e. The second kappa shape index (κ2) is 11.1. The molecule has 1 heterocycles. The molecule has 8 nitrogen and oxygen atoms in total. The average molecular weight is 445 g/mol. The Labute approximate surface area is 190 Å². The Kier molecular flexibility index (Phi) is 8.80. The van der Waals surface area contributed by atoms with Crippen LogP contribution in [0.2, 0.25) is 0 Å². The third-order valence-corrected chi connectivity index (χ3v) is 4.72. The SMILES string of the molecule is CC(C)C[C@@H](NC(=O)OC(C)(C)C)c1cnnn1[C@H](C(=O)OCc1ccccc1)C(C)C. The highest BCUT2D eigenvalue weighted by molar-refractivity contribution is 5.74. The highest BCUT2D eigenvalue weighted by Gasteiger charge is 2.32. The van der Waals surface area contributed by atoms with Crippen molar-refractivity contribution >= 4 is 12.1 Å². The molecule has 0 aliphatic carbocycles. The van der Waals surface area contributed by atoms with E-state index in [0.29, 0.717) is 12.1 Å². The summed E-state index contributed by atoms with van der Waals surface area (Å²) in [6.07, 6.45) is 1.70. The minimum absolute atomic E-state index is 0.0973. The third-order valence-electron chi connectivity index (χ3n) is 4.72. The fourth-order valence-corrected chi connectivity index (χ4v) is 3.36. The summed E-state index contributed by atoms with van der Waals surface area (Å²) in [6.45, 7) is 13.6. The summed E-state index contributed by atoms with van der Waals surface area (Å²) in [5.74, 6) is -0.211. The topological polar surface area (TPSA) is 95.3 Å². The summed E-state index contributed by atoms with van der Waals surface area (Å²) in [6, 6.07) is 8.43. The minimum atomic E-state index is -0.675. The van der Waals surface area contributed by atoms with Gasteiger partial charge in [0, 0.05) is 0 Å². The summed E-state index contributed by atoms with van der Waals surface area (Å²) in [5.41, 5.74) is 0.929. The zero-order valence-corrected chi connectivity index (χ0v) is 20.2. The van der Waals surface area contributed by atoms with Crippen molar-refractivity contribution in [2.75, 3.05) is 0 Å². The Morgan fingerprint density at radius 2 is 1.75 bits per heavy atom. The van der Waals surface area contributed by atoms with Gasteiger partial charge in [-0.25, -0.2) is 14.3 Å². The third kappa shape index (κ3) is 7.66. The van der Waals surface area contributed by atoms with Gasteiger partial charge in [0.05, 0.1) is 17.9 Å². The Morgan fingerprint density at radius 1 is 1.09 bits per heavy atom. The van der Waals surface area contributed by atoms with E-state index in [0.717, 1.165) is 5.56 Å². The molecule has 1 aromatic heterocycles. The zero-order valence-electron chi connectivity index (χ0n) is 20.2. The second-order valence-corrected chi connectivity index (χ2v) is 9.71. The molecule has 176 valence electrons. The van der Waals surface area contributed by atoms with Gasteiger partial charge in [0.25, 0.3) is 0 Å². The molecule has 2 aromatic rings. The van der Waals surface area contributed by atoms with E-state index in [2.05, 4.69) is 29.5 Å². The first-order valence-corrected chi connectivity index (χ1v) is 11.1. The zero-order chi connectivity index (χ0) is 23.9. The molecule has 8 heteroatoms. The molecule has 32 heavy (non-hydrogen) atoms. The molecule has 1 amide bonds. The molecule has 1 N–H and O–H groups in total. The number of hydrogen-bond donors (Lipinski definition) is 1. The molecule has 0 aliphatic rings. The lowest BCUT2D eigenvalue weighted by Gasteiger charge is -2.27. The summed E-state index contributed by atoms with van der Waals surface area (Å²) in [4.78, 5) is 25.5. The van der Waals surface area contributed by atoms with Crippen LogP contribution in [0.1, 0.15) is 78.2 Å². The molecule has 0 radical (unpaired) electrons. The maximum absolute atomic E-state index is 13.0. The molecule has 0 bridgehead atoms. The van der Waals surface area contributed by atoms with E-state index in [9.17, 15) is 9.59 Å². The van der Waals surface area contributed by atoms with Crippen molar-refractivity contribution in [2.24, 2.45) is 11.8 Å². The fourth-order valence-electron chi connectivity index (χ4n) is 3.36. The van der Waals surface area contributed by atoms with Gasteiger partial charge in [-0.15, -0.1) is 5.10 Å².